The number of nitrogens with zero attached hydrogens (tertiary/aromatic N) is 1. The van der Waals surface area contributed by atoms with Crippen LogP contribution in [0.25, 0.3) is 0 Å². The molecule has 0 radical (unpaired) electrons. The Morgan fingerprint density at radius 1 is 1.53 bits per heavy atom. The molecular weight excluding hydrogens is 320 g/mol. The van der Waals surface area contributed by atoms with E-state index in [1.807, 2.05) is 0 Å². The number of H-pyrrole nitrogens is 1. The Hall–Kier alpha value is -2.09. The molecule has 8 heteroatoms. The van der Waals surface area contributed by atoms with Crippen molar-refractivity contribution in [2.75, 3.05) is 0 Å². The van der Waals surface area contributed by atoms with E-state index in [4.69, 9.17) is 9.52 Å². The molecule has 0 fully saturated rings. The summed E-state index contributed by atoms with van der Waals surface area (Å²) in [4.78, 5) is 35.7. The summed E-state index contributed by atoms with van der Waals surface area (Å²) in [6.45, 7) is 1.56. The first kappa shape index (κ1) is 13.3. The highest BCUT2D eigenvalue weighted by atomic mass is 79.9. The van der Waals surface area contributed by atoms with Crippen LogP contribution in [0.5, 0.6) is 0 Å². The summed E-state index contributed by atoms with van der Waals surface area (Å²) in [6, 6.07) is 1.35. The Morgan fingerprint density at radius 3 is 2.79 bits per heavy atom. The zero-order valence-corrected chi connectivity index (χ0v) is 11.4. The van der Waals surface area contributed by atoms with Crippen molar-refractivity contribution in [1.82, 2.24) is 9.55 Å². The van der Waals surface area contributed by atoms with E-state index in [0.29, 0.717) is 5.76 Å². The average molecular weight is 329 g/mol. The van der Waals surface area contributed by atoms with E-state index < -0.39 is 17.2 Å². The minimum absolute atomic E-state index is 0.0301. The van der Waals surface area contributed by atoms with Gasteiger partial charge < -0.3 is 9.52 Å². The smallest absolute Gasteiger partial charge is 0.339 e. The third-order valence-electron chi connectivity index (χ3n) is 2.49. The van der Waals surface area contributed by atoms with Gasteiger partial charge in [0.15, 0.2) is 0 Å². The molecule has 2 heterocycles. The zero-order valence-electron chi connectivity index (χ0n) is 9.77. The third-order valence-corrected chi connectivity index (χ3v) is 3.06. The Labute approximate surface area is 114 Å². The normalized spacial score (nSPS) is 10.6. The molecule has 0 amide bonds. The van der Waals surface area contributed by atoms with Crippen LogP contribution in [0.1, 0.15) is 21.9 Å². The van der Waals surface area contributed by atoms with E-state index in [1.165, 1.54) is 23.8 Å². The summed E-state index contributed by atoms with van der Waals surface area (Å²) in [6.07, 6.45) is 1.32. The van der Waals surface area contributed by atoms with Crippen molar-refractivity contribution < 1.29 is 14.3 Å². The van der Waals surface area contributed by atoms with Gasteiger partial charge in [-0.15, -0.1) is 0 Å². The van der Waals surface area contributed by atoms with E-state index in [-0.39, 0.29) is 22.3 Å². The van der Waals surface area contributed by atoms with Gasteiger partial charge >= 0.3 is 11.7 Å². The molecule has 0 aliphatic heterocycles. The quantitative estimate of drug-likeness (QED) is 0.872. The monoisotopic (exact) mass is 328 g/mol. The highest BCUT2D eigenvalue weighted by molar-refractivity contribution is 9.10. The highest BCUT2D eigenvalue weighted by Crippen LogP contribution is 2.15. The van der Waals surface area contributed by atoms with Crippen molar-refractivity contribution in [1.29, 1.82) is 0 Å². The number of carboxylic acid groups (broad SMARTS) is 1. The number of hydrogen-bond donors (Lipinski definition) is 2. The molecule has 0 atom stereocenters. The molecule has 100 valence electrons. The predicted molar refractivity (Wildman–Crippen MR) is 68.5 cm³/mol. The number of aromatic carboxylic acids is 1. The van der Waals surface area contributed by atoms with Crippen molar-refractivity contribution in [3.63, 3.8) is 0 Å². The first-order valence-corrected chi connectivity index (χ1v) is 5.99. The topological polar surface area (TPSA) is 105 Å². The number of aromatic nitrogens is 2. The Balaban J connectivity index is 2.39. The van der Waals surface area contributed by atoms with Crippen LogP contribution < -0.4 is 11.2 Å². The first-order valence-electron chi connectivity index (χ1n) is 5.20. The SMILES string of the molecule is Cc1oc(Cn2cc(Br)c(=O)[nH]c2=O)cc1C(=O)O. The van der Waals surface area contributed by atoms with Crippen molar-refractivity contribution in [3.05, 3.63) is 54.7 Å². The average Bonchev–Trinajstić information content (AvgIpc) is 2.67. The fourth-order valence-electron chi connectivity index (χ4n) is 1.60. The highest BCUT2D eigenvalue weighted by Gasteiger charge is 2.14. The van der Waals surface area contributed by atoms with E-state index in [9.17, 15) is 14.4 Å². The van der Waals surface area contributed by atoms with Crippen LogP contribution in [0.2, 0.25) is 0 Å². The van der Waals surface area contributed by atoms with Crippen molar-refractivity contribution in [2.24, 2.45) is 0 Å². The number of carboxylic acids is 1. The van der Waals surface area contributed by atoms with Gasteiger partial charge in [-0.25, -0.2) is 9.59 Å². The molecule has 7 nitrogen and oxygen atoms in total. The van der Waals surface area contributed by atoms with Gasteiger partial charge in [0, 0.05) is 6.20 Å². The molecule has 19 heavy (non-hydrogen) atoms. The minimum atomic E-state index is -1.09. The Bertz CT molecular complexity index is 755. The second-order valence-corrected chi connectivity index (χ2v) is 4.71. The summed E-state index contributed by atoms with van der Waals surface area (Å²) in [7, 11) is 0. The fraction of sp³-hybridized carbons (Fsp3) is 0.182. The van der Waals surface area contributed by atoms with Gasteiger partial charge in [0.05, 0.1) is 11.0 Å². The van der Waals surface area contributed by atoms with Crippen LogP contribution >= 0.6 is 15.9 Å². The maximum absolute atomic E-state index is 11.6. The van der Waals surface area contributed by atoms with E-state index in [0.717, 1.165) is 0 Å². The standard InChI is InChI=1S/C11H9BrN2O5/c1-5-7(10(16)17)2-6(19-5)3-14-4-8(12)9(15)13-11(14)18/h2,4H,3H2,1H3,(H,16,17)(H,13,15,18). The van der Waals surface area contributed by atoms with E-state index >= 15 is 0 Å². The number of aryl methyl sites for hydroxylation is 1. The van der Waals surface area contributed by atoms with Gasteiger partial charge in [-0.2, -0.15) is 0 Å². The number of furan rings is 1. The number of rotatable bonds is 3. The Morgan fingerprint density at radius 2 is 2.21 bits per heavy atom. The zero-order chi connectivity index (χ0) is 14.2. The molecular formula is C11H9BrN2O5. The van der Waals surface area contributed by atoms with Gasteiger partial charge in [0.25, 0.3) is 5.56 Å². The number of carbonyl (C=O) groups is 1. The molecule has 0 bridgehead atoms. The predicted octanol–water partition coefficient (Wildman–Crippen LogP) is 0.947. The first-order chi connectivity index (χ1) is 8.88. The second kappa shape index (κ2) is 4.88. The third kappa shape index (κ3) is 2.68. The second-order valence-electron chi connectivity index (χ2n) is 3.85. The van der Waals surface area contributed by atoms with Gasteiger partial charge in [-0.1, -0.05) is 0 Å². The molecule has 0 saturated heterocycles. The van der Waals surface area contributed by atoms with Crippen molar-refractivity contribution >= 4 is 21.9 Å². The lowest BCUT2D eigenvalue weighted by molar-refractivity contribution is 0.0695. The molecule has 0 aliphatic rings. The molecule has 0 saturated carbocycles. The largest absolute Gasteiger partial charge is 0.478 e. The van der Waals surface area contributed by atoms with Crippen LogP contribution in [0, 0.1) is 6.92 Å². The molecule has 0 spiro atoms. The number of halogens is 1. The number of nitrogens with one attached hydrogen (secondary N) is 1. The Kier molecular flexibility index (Phi) is 3.43. The molecule has 2 aromatic rings. The lowest BCUT2D eigenvalue weighted by Crippen LogP contribution is -2.30. The van der Waals surface area contributed by atoms with Gasteiger partial charge in [-0.05, 0) is 28.9 Å². The summed E-state index contributed by atoms with van der Waals surface area (Å²) in [5.41, 5.74) is -1.08. The van der Waals surface area contributed by atoms with Crippen LogP contribution in [-0.2, 0) is 6.54 Å². The molecule has 2 rings (SSSR count). The lowest BCUT2D eigenvalue weighted by atomic mass is 10.2. The number of aromatic amines is 1. The summed E-state index contributed by atoms with van der Waals surface area (Å²) in [5.74, 6) is -0.516. The van der Waals surface area contributed by atoms with Crippen LogP contribution in [0.3, 0.4) is 0 Å². The van der Waals surface area contributed by atoms with Gasteiger partial charge in [0.1, 0.15) is 17.1 Å². The van der Waals surface area contributed by atoms with Crippen molar-refractivity contribution in [2.45, 2.75) is 13.5 Å². The van der Waals surface area contributed by atoms with Crippen LogP contribution in [0.4, 0.5) is 0 Å². The lowest BCUT2D eigenvalue weighted by Gasteiger charge is -2.02. The molecule has 0 aromatic carbocycles. The van der Waals surface area contributed by atoms with Gasteiger partial charge in [0.2, 0.25) is 0 Å². The summed E-state index contributed by atoms with van der Waals surface area (Å²) < 4.78 is 6.66. The maximum atomic E-state index is 11.6. The minimum Gasteiger partial charge on any atom is -0.478 e. The maximum Gasteiger partial charge on any atom is 0.339 e. The van der Waals surface area contributed by atoms with Gasteiger partial charge in [-0.3, -0.25) is 14.3 Å². The fourth-order valence-corrected chi connectivity index (χ4v) is 1.95. The van der Waals surface area contributed by atoms with E-state index in [2.05, 4.69) is 20.9 Å². The van der Waals surface area contributed by atoms with Crippen LogP contribution in [0.15, 0.2) is 30.7 Å². The molecule has 2 N–H and O–H groups in total. The van der Waals surface area contributed by atoms with E-state index in [1.54, 1.807) is 0 Å². The van der Waals surface area contributed by atoms with Crippen LogP contribution in [-0.4, -0.2) is 20.6 Å². The van der Waals surface area contributed by atoms with Crippen molar-refractivity contribution in [3.8, 4) is 0 Å². The molecule has 0 unspecified atom stereocenters. The number of hydrogen-bond acceptors (Lipinski definition) is 4. The summed E-state index contributed by atoms with van der Waals surface area (Å²) in [5, 5.41) is 8.90. The molecule has 2 aromatic heterocycles. The molecule has 0 aliphatic carbocycles. The summed E-state index contributed by atoms with van der Waals surface area (Å²) >= 11 is 3.01.